The van der Waals surface area contributed by atoms with Crippen molar-refractivity contribution in [2.75, 3.05) is 0 Å². The quantitative estimate of drug-likeness (QED) is 0.803. The Kier molecular flexibility index (Phi) is 3.96. The number of aromatic nitrogens is 4. The fraction of sp³-hybridized carbons (Fsp3) is 0.222. The monoisotopic (exact) mass is 423 g/mol. The third-order valence-electron chi connectivity index (χ3n) is 2.09. The highest BCUT2D eigenvalue weighted by atomic mass is 79.9. The Morgan fingerprint density at radius 1 is 1.24 bits per heavy atom. The van der Waals surface area contributed by atoms with Crippen LogP contribution in [0.3, 0.4) is 0 Å². The van der Waals surface area contributed by atoms with Crippen LogP contribution in [0.15, 0.2) is 25.6 Å². The molecule has 0 aliphatic rings. The molecule has 0 radical (unpaired) electrons. The average Bonchev–Trinajstić information content (AvgIpc) is 2.64. The largest absolute Gasteiger partial charge is 0.321 e. The first-order valence-electron chi connectivity index (χ1n) is 4.69. The van der Waals surface area contributed by atoms with Gasteiger partial charge in [0.2, 0.25) is 0 Å². The summed E-state index contributed by atoms with van der Waals surface area (Å²) < 4.78 is 4.31. The predicted octanol–water partition coefficient (Wildman–Crippen LogP) is 2.97. The lowest BCUT2D eigenvalue weighted by atomic mass is 10.3. The van der Waals surface area contributed by atoms with Gasteiger partial charge in [-0.1, -0.05) is 15.9 Å². The van der Waals surface area contributed by atoms with Crippen molar-refractivity contribution in [1.82, 2.24) is 20.2 Å². The Balaban J connectivity index is 2.64. The van der Waals surface area contributed by atoms with Crippen molar-refractivity contribution in [2.45, 2.75) is 13.0 Å². The van der Waals surface area contributed by atoms with E-state index in [0.717, 1.165) is 19.1 Å². The van der Waals surface area contributed by atoms with Gasteiger partial charge in [-0.15, -0.1) is 5.10 Å². The molecule has 0 saturated carbocycles. The lowest BCUT2D eigenvalue weighted by Crippen LogP contribution is -2.14. The van der Waals surface area contributed by atoms with Crippen molar-refractivity contribution in [2.24, 2.45) is 5.73 Å². The molecule has 0 spiro atoms. The van der Waals surface area contributed by atoms with Crippen LogP contribution in [-0.4, -0.2) is 20.2 Å². The molecule has 17 heavy (non-hydrogen) atoms. The van der Waals surface area contributed by atoms with Gasteiger partial charge in [0, 0.05) is 13.4 Å². The van der Waals surface area contributed by atoms with Crippen LogP contribution in [0.4, 0.5) is 0 Å². The van der Waals surface area contributed by atoms with Gasteiger partial charge >= 0.3 is 0 Å². The molecule has 0 aliphatic carbocycles. The van der Waals surface area contributed by atoms with Crippen LogP contribution in [0.25, 0.3) is 5.69 Å². The molecular formula is C9H8Br3N5. The van der Waals surface area contributed by atoms with E-state index in [1.807, 2.05) is 19.1 Å². The lowest BCUT2D eigenvalue weighted by molar-refractivity contribution is 0.685. The molecule has 0 amide bonds. The Bertz CT molecular complexity index is 528. The topological polar surface area (TPSA) is 69.6 Å². The predicted molar refractivity (Wildman–Crippen MR) is 74.9 cm³/mol. The summed E-state index contributed by atoms with van der Waals surface area (Å²) in [6.07, 6.45) is 0. The number of halogens is 3. The number of benzene rings is 1. The minimum absolute atomic E-state index is 0.243. The Morgan fingerprint density at radius 2 is 1.82 bits per heavy atom. The molecule has 2 N–H and O–H groups in total. The maximum atomic E-state index is 5.82. The van der Waals surface area contributed by atoms with Crippen LogP contribution in [0.1, 0.15) is 18.8 Å². The highest BCUT2D eigenvalue weighted by molar-refractivity contribution is 9.11. The zero-order chi connectivity index (χ0) is 12.6. The standard InChI is InChI=1S/C9H8Br3N5/c1-4(13)9-14-15-16-17(9)8-6(11)2-5(10)3-7(8)12/h2-4H,13H2,1H3. The minimum atomic E-state index is -0.243. The van der Waals surface area contributed by atoms with Crippen molar-refractivity contribution in [3.63, 3.8) is 0 Å². The van der Waals surface area contributed by atoms with E-state index in [4.69, 9.17) is 5.73 Å². The highest BCUT2D eigenvalue weighted by Gasteiger charge is 2.17. The van der Waals surface area contributed by atoms with Gasteiger partial charge in [0.05, 0.1) is 11.7 Å². The molecule has 0 bridgehead atoms. The van der Waals surface area contributed by atoms with E-state index < -0.39 is 0 Å². The van der Waals surface area contributed by atoms with Gasteiger partial charge < -0.3 is 5.73 Å². The Morgan fingerprint density at radius 3 is 2.35 bits per heavy atom. The van der Waals surface area contributed by atoms with E-state index in [1.165, 1.54) is 0 Å². The van der Waals surface area contributed by atoms with Crippen molar-refractivity contribution in [3.05, 3.63) is 31.4 Å². The Labute approximate surface area is 123 Å². The van der Waals surface area contributed by atoms with Crippen LogP contribution in [-0.2, 0) is 0 Å². The molecule has 1 heterocycles. The van der Waals surface area contributed by atoms with Crippen molar-refractivity contribution in [1.29, 1.82) is 0 Å². The van der Waals surface area contributed by atoms with E-state index in [0.29, 0.717) is 5.82 Å². The number of nitrogens with zero attached hydrogens (tertiary/aromatic N) is 4. The van der Waals surface area contributed by atoms with Crippen molar-refractivity contribution >= 4 is 47.8 Å². The van der Waals surface area contributed by atoms with Gasteiger partial charge in [0.1, 0.15) is 0 Å². The summed E-state index contributed by atoms with van der Waals surface area (Å²) in [5.41, 5.74) is 6.65. The number of rotatable bonds is 2. The van der Waals surface area contributed by atoms with Gasteiger partial charge in [-0.3, -0.25) is 0 Å². The molecule has 1 unspecified atom stereocenters. The van der Waals surface area contributed by atoms with E-state index in [1.54, 1.807) is 4.68 Å². The summed E-state index contributed by atoms with van der Waals surface area (Å²) in [4.78, 5) is 0. The third kappa shape index (κ3) is 2.59. The molecule has 2 rings (SSSR count). The zero-order valence-corrected chi connectivity index (χ0v) is 13.5. The van der Waals surface area contributed by atoms with Crippen LogP contribution in [0.2, 0.25) is 0 Å². The molecule has 0 saturated heterocycles. The Hall–Kier alpha value is -0.310. The summed E-state index contributed by atoms with van der Waals surface area (Å²) in [5.74, 6) is 0.605. The first-order valence-corrected chi connectivity index (χ1v) is 7.07. The molecule has 2 aromatic rings. The number of tetrazole rings is 1. The second-order valence-electron chi connectivity index (χ2n) is 3.46. The average molecular weight is 426 g/mol. The second-order valence-corrected chi connectivity index (χ2v) is 6.08. The molecule has 1 atom stereocenters. The van der Waals surface area contributed by atoms with Gasteiger partial charge in [-0.05, 0) is 61.3 Å². The maximum Gasteiger partial charge on any atom is 0.173 e. The fourth-order valence-corrected chi connectivity index (χ4v) is 3.97. The maximum absolute atomic E-state index is 5.82. The van der Waals surface area contributed by atoms with Crippen LogP contribution >= 0.6 is 47.8 Å². The third-order valence-corrected chi connectivity index (χ3v) is 3.76. The molecule has 1 aromatic heterocycles. The van der Waals surface area contributed by atoms with Gasteiger partial charge in [-0.25, -0.2) is 0 Å². The molecule has 90 valence electrons. The number of hydrogen-bond donors (Lipinski definition) is 1. The van der Waals surface area contributed by atoms with E-state index in [-0.39, 0.29) is 6.04 Å². The second kappa shape index (κ2) is 5.13. The number of hydrogen-bond acceptors (Lipinski definition) is 4. The summed E-state index contributed by atoms with van der Waals surface area (Å²) in [5, 5.41) is 11.5. The summed E-state index contributed by atoms with van der Waals surface area (Å²) >= 11 is 10.4. The number of nitrogens with two attached hydrogens (primary N) is 1. The van der Waals surface area contributed by atoms with E-state index in [9.17, 15) is 0 Å². The van der Waals surface area contributed by atoms with Gasteiger partial charge in [0.25, 0.3) is 0 Å². The molecular weight excluding hydrogens is 418 g/mol. The molecule has 0 aliphatic heterocycles. The normalized spacial score (nSPS) is 12.8. The molecule has 0 fully saturated rings. The highest BCUT2D eigenvalue weighted by Crippen LogP contribution is 2.33. The fourth-order valence-electron chi connectivity index (χ4n) is 1.37. The summed E-state index contributed by atoms with van der Waals surface area (Å²) in [6, 6.07) is 3.60. The van der Waals surface area contributed by atoms with E-state index in [2.05, 4.69) is 63.3 Å². The van der Waals surface area contributed by atoms with Crippen LogP contribution < -0.4 is 5.73 Å². The van der Waals surface area contributed by atoms with E-state index >= 15 is 0 Å². The SMILES string of the molecule is CC(N)c1nnnn1-c1c(Br)cc(Br)cc1Br. The molecule has 8 heteroatoms. The summed E-state index contributed by atoms with van der Waals surface area (Å²) in [6.45, 7) is 1.84. The molecule has 5 nitrogen and oxygen atoms in total. The first kappa shape index (κ1) is 13.1. The van der Waals surface area contributed by atoms with Crippen LogP contribution in [0.5, 0.6) is 0 Å². The van der Waals surface area contributed by atoms with Gasteiger partial charge in [0.15, 0.2) is 5.82 Å². The lowest BCUT2D eigenvalue weighted by Gasteiger charge is -2.11. The van der Waals surface area contributed by atoms with Crippen LogP contribution in [0, 0.1) is 0 Å². The zero-order valence-electron chi connectivity index (χ0n) is 8.73. The van der Waals surface area contributed by atoms with Gasteiger partial charge in [-0.2, -0.15) is 4.68 Å². The van der Waals surface area contributed by atoms with Crippen molar-refractivity contribution < 1.29 is 0 Å². The molecule has 1 aromatic carbocycles. The first-order chi connectivity index (χ1) is 8.00. The summed E-state index contributed by atoms with van der Waals surface area (Å²) in [7, 11) is 0. The smallest absolute Gasteiger partial charge is 0.173 e. The minimum Gasteiger partial charge on any atom is -0.321 e. The van der Waals surface area contributed by atoms with Crippen molar-refractivity contribution in [3.8, 4) is 5.69 Å².